The number of nitrogens with zero attached hydrogens (tertiary/aromatic N) is 3. The topological polar surface area (TPSA) is 78.7 Å². The number of nitrogens with one attached hydrogen (secondary N) is 1. The Morgan fingerprint density at radius 2 is 2.08 bits per heavy atom. The Labute approximate surface area is 150 Å². The Morgan fingerprint density at radius 3 is 2.72 bits per heavy atom. The van der Waals surface area contributed by atoms with Crippen LogP contribution in [-0.4, -0.2) is 65.5 Å². The standard InChI is InChI=1S/C17H22N4O3S/c1-12(2)18-16(22)11-20-5-7-21(8-6-20)17(23)13-10-14(24-19-13)15-4-3-9-25-15/h3-4,9-10,12H,5-8,11H2,1-2H3,(H,18,22). The van der Waals surface area contributed by atoms with E-state index in [4.69, 9.17) is 4.52 Å². The van der Waals surface area contributed by atoms with Gasteiger partial charge in [-0.3, -0.25) is 14.5 Å². The first kappa shape index (κ1) is 17.6. The van der Waals surface area contributed by atoms with Gasteiger partial charge in [0.1, 0.15) is 0 Å². The van der Waals surface area contributed by atoms with Gasteiger partial charge >= 0.3 is 0 Å². The average molecular weight is 362 g/mol. The van der Waals surface area contributed by atoms with E-state index in [-0.39, 0.29) is 17.9 Å². The van der Waals surface area contributed by atoms with E-state index in [0.717, 1.165) is 4.88 Å². The monoisotopic (exact) mass is 362 g/mol. The van der Waals surface area contributed by atoms with Crippen molar-refractivity contribution < 1.29 is 14.1 Å². The maximum absolute atomic E-state index is 12.6. The Kier molecular flexibility index (Phi) is 5.50. The summed E-state index contributed by atoms with van der Waals surface area (Å²) in [6.07, 6.45) is 0. The lowest BCUT2D eigenvalue weighted by Crippen LogP contribution is -2.51. The van der Waals surface area contributed by atoms with Gasteiger partial charge in [0.25, 0.3) is 5.91 Å². The summed E-state index contributed by atoms with van der Waals surface area (Å²) >= 11 is 1.54. The van der Waals surface area contributed by atoms with Gasteiger partial charge < -0.3 is 14.7 Å². The van der Waals surface area contributed by atoms with Gasteiger partial charge in [0.05, 0.1) is 11.4 Å². The molecule has 0 atom stereocenters. The second-order valence-electron chi connectivity index (χ2n) is 6.34. The summed E-state index contributed by atoms with van der Waals surface area (Å²) in [4.78, 5) is 29.2. The van der Waals surface area contributed by atoms with E-state index in [1.54, 1.807) is 22.3 Å². The van der Waals surface area contributed by atoms with Gasteiger partial charge in [-0.15, -0.1) is 11.3 Å². The summed E-state index contributed by atoms with van der Waals surface area (Å²) in [6.45, 7) is 6.75. The molecule has 0 bridgehead atoms. The number of hydrogen-bond donors (Lipinski definition) is 1. The van der Waals surface area contributed by atoms with Crippen molar-refractivity contribution in [3.8, 4) is 10.6 Å². The zero-order chi connectivity index (χ0) is 17.8. The van der Waals surface area contributed by atoms with Gasteiger partial charge in [-0.05, 0) is 25.3 Å². The first-order valence-electron chi connectivity index (χ1n) is 8.34. The molecule has 2 amide bonds. The Morgan fingerprint density at radius 1 is 1.32 bits per heavy atom. The van der Waals surface area contributed by atoms with Crippen molar-refractivity contribution in [3.63, 3.8) is 0 Å². The van der Waals surface area contributed by atoms with Crippen LogP contribution in [0.1, 0.15) is 24.3 Å². The van der Waals surface area contributed by atoms with Crippen molar-refractivity contribution >= 4 is 23.2 Å². The lowest BCUT2D eigenvalue weighted by atomic mass is 10.2. The smallest absolute Gasteiger partial charge is 0.276 e. The summed E-state index contributed by atoms with van der Waals surface area (Å²) in [5.41, 5.74) is 0.328. The van der Waals surface area contributed by atoms with Gasteiger partial charge in [-0.25, -0.2) is 0 Å². The third kappa shape index (κ3) is 4.46. The molecule has 0 aromatic carbocycles. The van der Waals surface area contributed by atoms with E-state index in [9.17, 15) is 9.59 Å². The summed E-state index contributed by atoms with van der Waals surface area (Å²) in [7, 11) is 0. The van der Waals surface area contributed by atoms with Crippen molar-refractivity contribution in [3.05, 3.63) is 29.3 Å². The van der Waals surface area contributed by atoms with Crippen LogP contribution in [0.4, 0.5) is 0 Å². The fourth-order valence-electron chi connectivity index (χ4n) is 2.75. The van der Waals surface area contributed by atoms with Crippen molar-refractivity contribution in [1.82, 2.24) is 20.3 Å². The third-order valence-electron chi connectivity index (χ3n) is 3.97. The molecule has 2 aromatic heterocycles. The maximum Gasteiger partial charge on any atom is 0.276 e. The Balaban J connectivity index is 1.53. The molecular weight excluding hydrogens is 340 g/mol. The lowest BCUT2D eigenvalue weighted by Gasteiger charge is -2.34. The molecule has 0 aliphatic carbocycles. The number of thiophene rings is 1. The second kappa shape index (κ2) is 7.79. The zero-order valence-electron chi connectivity index (χ0n) is 14.4. The van der Waals surface area contributed by atoms with Crippen LogP contribution >= 0.6 is 11.3 Å². The average Bonchev–Trinajstić information content (AvgIpc) is 3.25. The number of rotatable bonds is 5. The van der Waals surface area contributed by atoms with E-state index in [2.05, 4.69) is 15.4 Å². The molecule has 1 N–H and O–H groups in total. The van der Waals surface area contributed by atoms with Crippen LogP contribution in [-0.2, 0) is 4.79 Å². The molecule has 0 unspecified atom stereocenters. The van der Waals surface area contributed by atoms with Gasteiger partial charge in [-0.2, -0.15) is 0 Å². The minimum absolute atomic E-state index is 0.0202. The van der Waals surface area contributed by atoms with Gasteiger partial charge in [0, 0.05) is 38.3 Å². The number of carbonyl (C=O) groups is 2. The molecule has 0 saturated carbocycles. The molecule has 0 spiro atoms. The minimum Gasteiger partial charge on any atom is -0.355 e. The zero-order valence-corrected chi connectivity index (χ0v) is 15.2. The molecule has 25 heavy (non-hydrogen) atoms. The maximum atomic E-state index is 12.6. The third-order valence-corrected chi connectivity index (χ3v) is 4.85. The van der Waals surface area contributed by atoms with Crippen molar-refractivity contribution in [1.29, 1.82) is 0 Å². The van der Waals surface area contributed by atoms with Crippen LogP contribution < -0.4 is 5.32 Å². The van der Waals surface area contributed by atoms with Crippen molar-refractivity contribution in [2.75, 3.05) is 32.7 Å². The summed E-state index contributed by atoms with van der Waals surface area (Å²) < 4.78 is 5.28. The molecule has 1 saturated heterocycles. The van der Waals surface area contributed by atoms with E-state index in [1.807, 2.05) is 31.4 Å². The first-order chi connectivity index (χ1) is 12.0. The quantitative estimate of drug-likeness (QED) is 0.876. The predicted octanol–water partition coefficient (Wildman–Crippen LogP) is 1.69. The molecular formula is C17H22N4O3S. The number of carbonyl (C=O) groups excluding carboxylic acids is 2. The molecule has 3 rings (SSSR count). The van der Waals surface area contributed by atoms with Crippen LogP contribution in [0, 0.1) is 0 Å². The highest BCUT2D eigenvalue weighted by molar-refractivity contribution is 7.13. The Bertz CT molecular complexity index is 718. The van der Waals surface area contributed by atoms with E-state index >= 15 is 0 Å². The first-order valence-corrected chi connectivity index (χ1v) is 9.22. The van der Waals surface area contributed by atoms with Crippen LogP contribution in [0.25, 0.3) is 10.6 Å². The highest BCUT2D eigenvalue weighted by atomic mass is 32.1. The van der Waals surface area contributed by atoms with E-state index in [1.165, 1.54) is 0 Å². The fraction of sp³-hybridized carbons (Fsp3) is 0.471. The summed E-state index contributed by atoms with van der Waals surface area (Å²) in [6, 6.07) is 5.69. The highest BCUT2D eigenvalue weighted by Crippen LogP contribution is 2.25. The molecule has 7 nitrogen and oxygen atoms in total. The molecule has 0 radical (unpaired) electrons. The molecule has 134 valence electrons. The van der Waals surface area contributed by atoms with Crippen LogP contribution in [0.3, 0.4) is 0 Å². The number of hydrogen-bond acceptors (Lipinski definition) is 6. The number of piperazine rings is 1. The predicted molar refractivity (Wildman–Crippen MR) is 95.4 cm³/mol. The van der Waals surface area contributed by atoms with E-state index in [0.29, 0.717) is 44.2 Å². The highest BCUT2D eigenvalue weighted by Gasteiger charge is 2.25. The number of aromatic nitrogens is 1. The minimum atomic E-state index is -0.127. The van der Waals surface area contributed by atoms with Gasteiger partial charge in [0.15, 0.2) is 11.5 Å². The number of amides is 2. The normalized spacial score (nSPS) is 15.6. The summed E-state index contributed by atoms with van der Waals surface area (Å²) in [5, 5.41) is 8.75. The van der Waals surface area contributed by atoms with Crippen LogP contribution in [0.15, 0.2) is 28.1 Å². The SMILES string of the molecule is CC(C)NC(=O)CN1CCN(C(=O)c2cc(-c3cccs3)on2)CC1. The molecule has 2 aromatic rings. The van der Waals surface area contributed by atoms with Crippen molar-refractivity contribution in [2.24, 2.45) is 0 Å². The summed E-state index contributed by atoms with van der Waals surface area (Å²) in [5.74, 6) is 0.507. The molecule has 1 aliphatic rings. The fourth-order valence-corrected chi connectivity index (χ4v) is 3.43. The van der Waals surface area contributed by atoms with Gasteiger partial charge in [-0.1, -0.05) is 11.2 Å². The van der Waals surface area contributed by atoms with E-state index < -0.39 is 0 Å². The van der Waals surface area contributed by atoms with Gasteiger partial charge in [0.2, 0.25) is 5.91 Å². The van der Waals surface area contributed by atoms with Crippen LogP contribution in [0.5, 0.6) is 0 Å². The molecule has 3 heterocycles. The molecule has 1 fully saturated rings. The van der Waals surface area contributed by atoms with Crippen molar-refractivity contribution in [2.45, 2.75) is 19.9 Å². The lowest BCUT2D eigenvalue weighted by molar-refractivity contribution is -0.123. The molecule has 1 aliphatic heterocycles. The second-order valence-corrected chi connectivity index (χ2v) is 7.29. The Hall–Kier alpha value is -2.19. The van der Waals surface area contributed by atoms with Crippen LogP contribution in [0.2, 0.25) is 0 Å². The largest absolute Gasteiger partial charge is 0.355 e. The molecule has 8 heteroatoms.